The van der Waals surface area contributed by atoms with E-state index in [2.05, 4.69) is 22.0 Å². The van der Waals surface area contributed by atoms with Crippen molar-refractivity contribution < 1.29 is 5.11 Å². The van der Waals surface area contributed by atoms with E-state index in [9.17, 15) is 5.11 Å². The maximum atomic E-state index is 9.59. The minimum atomic E-state index is -0.153. The lowest BCUT2D eigenvalue weighted by atomic mass is 9.97. The van der Waals surface area contributed by atoms with Crippen LogP contribution in [0.2, 0.25) is 0 Å². The quantitative estimate of drug-likeness (QED) is 0.757. The zero-order valence-electron chi connectivity index (χ0n) is 8.47. The number of hydrogen-bond donors (Lipinski definition) is 1. The number of aryl methyl sites for hydroxylation is 1. The van der Waals surface area contributed by atoms with Crippen molar-refractivity contribution in [2.45, 2.75) is 26.4 Å². The van der Waals surface area contributed by atoms with E-state index in [1.807, 2.05) is 6.92 Å². The monoisotopic (exact) mass is 213 g/mol. The van der Waals surface area contributed by atoms with Gasteiger partial charge in [0.2, 0.25) is 5.13 Å². The van der Waals surface area contributed by atoms with Crippen LogP contribution in [0.25, 0.3) is 0 Å². The van der Waals surface area contributed by atoms with Crippen molar-refractivity contribution in [3.8, 4) is 0 Å². The molecule has 1 aromatic rings. The van der Waals surface area contributed by atoms with E-state index in [1.165, 1.54) is 0 Å². The van der Waals surface area contributed by atoms with Crippen LogP contribution in [0.1, 0.15) is 18.4 Å². The Balaban J connectivity index is 2.06. The fourth-order valence-electron chi connectivity index (χ4n) is 1.72. The fraction of sp³-hybridized carbons (Fsp3) is 0.778. The molecule has 1 N–H and O–H groups in total. The van der Waals surface area contributed by atoms with Gasteiger partial charge in [-0.15, -0.1) is 10.2 Å². The van der Waals surface area contributed by atoms with Gasteiger partial charge in [0.05, 0.1) is 6.10 Å². The van der Waals surface area contributed by atoms with Gasteiger partial charge >= 0.3 is 0 Å². The number of piperidine rings is 1. The molecule has 14 heavy (non-hydrogen) atoms. The SMILES string of the molecule is Cc1nnc(N2CCC(O)C(C)C2)s1. The Kier molecular flexibility index (Phi) is 2.69. The molecule has 0 saturated carbocycles. The average molecular weight is 213 g/mol. The number of hydrogen-bond acceptors (Lipinski definition) is 5. The van der Waals surface area contributed by atoms with Crippen molar-refractivity contribution in [1.29, 1.82) is 0 Å². The topological polar surface area (TPSA) is 49.2 Å². The number of rotatable bonds is 1. The summed E-state index contributed by atoms with van der Waals surface area (Å²) in [7, 11) is 0. The lowest BCUT2D eigenvalue weighted by Crippen LogP contribution is -2.41. The second kappa shape index (κ2) is 3.82. The first-order chi connectivity index (χ1) is 6.66. The highest BCUT2D eigenvalue weighted by molar-refractivity contribution is 7.15. The standard InChI is InChI=1S/C9H15N3OS/c1-6-5-12(4-3-8(6)13)9-11-10-7(2)14-9/h6,8,13H,3-5H2,1-2H3. The maximum absolute atomic E-state index is 9.59. The normalized spacial score (nSPS) is 28.1. The van der Waals surface area contributed by atoms with Crippen LogP contribution in [0.4, 0.5) is 5.13 Å². The molecule has 1 saturated heterocycles. The van der Waals surface area contributed by atoms with Crippen LogP contribution in [-0.2, 0) is 0 Å². The van der Waals surface area contributed by atoms with Gasteiger partial charge in [0.15, 0.2) is 0 Å². The Bertz CT molecular complexity index is 315. The van der Waals surface area contributed by atoms with Gasteiger partial charge in [-0.1, -0.05) is 18.3 Å². The number of aromatic nitrogens is 2. The highest BCUT2D eigenvalue weighted by atomic mass is 32.1. The van der Waals surface area contributed by atoms with E-state index in [1.54, 1.807) is 11.3 Å². The summed E-state index contributed by atoms with van der Waals surface area (Å²) in [6, 6.07) is 0. The van der Waals surface area contributed by atoms with Crippen LogP contribution >= 0.6 is 11.3 Å². The Morgan fingerprint density at radius 2 is 2.29 bits per heavy atom. The molecule has 2 rings (SSSR count). The Hall–Kier alpha value is -0.680. The molecule has 1 aliphatic rings. The molecule has 2 unspecified atom stereocenters. The zero-order valence-corrected chi connectivity index (χ0v) is 9.29. The molecule has 4 nitrogen and oxygen atoms in total. The molecule has 78 valence electrons. The fourth-order valence-corrected chi connectivity index (χ4v) is 2.44. The molecule has 0 spiro atoms. The third-order valence-corrected chi connectivity index (χ3v) is 3.55. The number of aliphatic hydroxyl groups is 1. The summed E-state index contributed by atoms with van der Waals surface area (Å²) in [5.74, 6) is 0.327. The number of nitrogens with zero attached hydrogens (tertiary/aromatic N) is 3. The van der Waals surface area contributed by atoms with Gasteiger partial charge in [-0.05, 0) is 19.3 Å². The number of anilines is 1. The van der Waals surface area contributed by atoms with Crippen molar-refractivity contribution in [3.05, 3.63) is 5.01 Å². The van der Waals surface area contributed by atoms with E-state index in [0.29, 0.717) is 5.92 Å². The summed E-state index contributed by atoms with van der Waals surface area (Å²) >= 11 is 1.62. The summed E-state index contributed by atoms with van der Waals surface area (Å²) in [5.41, 5.74) is 0. The summed E-state index contributed by atoms with van der Waals surface area (Å²) < 4.78 is 0. The van der Waals surface area contributed by atoms with Crippen LogP contribution in [0.3, 0.4) is 0 Å². The van der Waals surface area contributed by atoms with Crippen molar-refractivity contribution in [2.75, 3.05) is 18.0 Å². The van der Waals surface area contributed by atoms with Crippen molar-refractivity contribution in [3.63, 3.8) is 0 Å². The molecule has 0 aromatic carbocycles. The first kappa shape index (κ1) is 9.86. The molecule has 2 heterocycles. The molecule has 0 radical (unpaired) electrons. The predicted molar refractivity (Wildman–Crippen MR) is 56.6 cm³/mol. The van der Waals surface area contributed by atoms with Crippen molar-refractivity contribution in [1.82, 2.24) is 10.2 Å². The van der Waals surface area contributed by atoms with Gasteiger partial charge < -0.3 is 10.0 Å². The first-order valence-electron chi connectivity index (χ1n) is 4.90. The van der Waals surface area contributed by atoms with Crippen LogP contribution in [0.15, 0.2) is 0 Å². The highest BCUT2D eigenvalue weighted by Crippen LogP contribution is 2.25. The molecular weight excluding hydrogens is 198 g/mol. The van der Waals surface area contributed by atoms with Crippen LogP contribution < -0.4 is 4.90 Å². The average Bonchev–Trinajstić information content (AvgIpc) is 2.57. The smallest absolute Gasteiger partial charge is 0.208 e. The molecule has 0 aliphatic carbocycles. The van der Waals surface area contributed by atoms with Crippen molar-refractivity contribution in [2.24, 2.45) is 5.92 Å². The molecule has 1 fully saturated rings. The molecule has 2 atom stereocenters. The summed E-state index contributed by atoms with van der Waals surface area (Å²) in [6.07, 6.45) is 0.681. The third kappa shape index (κ3) is 1.88. The Labute approximate surface area is 87.6 Å². The van der Waals surface area contributed by atoms with Crippen LogP contribution in [0, 0.1) is 12.8 Å². The lowest BCUT2D eigenvalue weighted by Gasteiger charge is -2.33. The van der Waals surface area contributed by atoms with E-state index < -0.39 is 0 Å². The molecule has 1 aromatic heterocycles. The second-order valence-corrected chi connectivity index (χ2v) is 5.04. The van der Waals surface area contributed by atoms with Gasteiger partial charge in [-0.25, -0.2) is 0 Å². The van der Waals surface area contributed by atoms with Gasteiger partial charge in [-0.3, -0.25) is 0 Å². The minimum Gasteiger partial charge on any atom is -0.393 e. The molecule has 1 aliphatic heterocycles. The lowest BCUT2D eigenvalue weighted by molar-refractivity contribution is 0.0970. The summed E-state index contributed by atoms with van der Waals surface area (Å²) in [6.45, 7) is 5.81. The van der Waals surface area contributed by atoms with Gasteiger partial charge in [-0.2, -0.15) is 0 Å². The summed E-state index contributed by atoms with van der Waals surface area (Å²) in [5, 5.41) is 19.7. The van der Waals surface area contributed by atoms with Gasteiger partial charge in [0.25, 0.3) is 0 Å². The molecule has 0 amide bonds. The Morgan fingerprint density at radius 3 is 2.86 bits per heavy atom. The van der Waals surface area contributed by atoms with E-state index in [0.717, 1.165) is 29.6 Å². The second-order valence-electron chi connectivity index (χ2n) is 3.88. The molecule has 5 heteroatoms. The largest absolute Gasteiger partial charge is 0.393 e. The van der Waals surface area contributed by atoms with Gasteiger partial charge in [0.1, 0.15) is 5.01 Å². The minimum absolute atomic E-state index is 0.153. The first-order valence-corrected chi connectivity index (χ1v) is 5.71. The van der Waals surface area contributed by atoms with Crippen LogP contribution in [-0.4, -0.2) is 34.5 Å². The van der Waals surface area contributed by atoms with E-state index in [4.69, 9.17) is 0 Å². The molecular formula is C9H15N3OS. The van der Waals surface area contributed by atoms with Gasteiger partial charge in [0, 0.05) is 13.1 Å². The third-order valence-electron chi connectivity index (χ3n) is 2.65. The predicted octanol–water partition coefficient (Wildman–Crippen LogP) is 1.05. The van der Waals surface area contributed by atoms with E-state index in [-0.39, 0.29) is 6.10 Å². The van der Waals surface area contributed by atoms with Crippen molar-refractivity contribution >= 4 is 16.5 Å². The van der Waals surface area contributed by atoms with E-state index >= 15 is 0 Å². The maximum Gasteiger partial charge on any atom is 0.208 e. The summed E-state index contributed by atoms with van der Waals surface area (Å²) in [4.78, 5) is 2.21. The Morgan fingerprint density at radius 1 is 1.50 bits per heavy atom. The molecule has 0 bridgehead atoms. The van der Waals surface area contributed by atoms with Crippen LogP contribution in [0.5, 0.6) is 0 Å². The highest BCUT2D eigenvalue weighted by Gasteiger charge is 2.25. The number of aliphatic hydroxyl groups excluding tert-OH is 1. The zero-order chi connectivity index (χ0) is 10.1.